The largest absolute Gasteiger partial charge is 0.351 e. The van der Waals surface area contributed by atoms with Gasteiger partial charge >= 0.3 is 0 Å². The molecule has 1 heterocycles. The molecule has 2 N–H and O–H groups in total. The Morgan fingerprint density at radius 1 is 1.22 bits per heavy atom. The number of unbranched alkanes of at least 4 members (excludes halogenated alkanes) is 1. The number of carbonyl (C=O) groups is 1. The molecule has 0 aliphatic rings. The summed E-state index contributed by atoms with van der Waals surface area (Å²) in [6.07, 6.45) is 2.00. The molecule has 23 heavy (non-hydrogen) atoms. The van der Waals surface area contributed by atoms with E-state index in [1.54, 1.807) is 13.0 Å². The normalized spacial score (nSPS) is 10.4. The van der Waals surface area contributed by atoms with Gasteiger partial charge in [-0.25, -0.2) is 9.97 Å². The van der Waals surface area contributed by atoms with Crippen LogP contribution in [0.1, 0.15) is 41.6 Å². The third-order valence-electron chi connectivity index (χ3n) is 3.34. The molecule has 122 valence electrons. The maximum Gasteiger partial charge on any atom is 0.270 e. The molecule has 1 aromatic heterocycles. The lowest BCUT2D eigenvalue weighted by atomic mass is 10.2. The van der Waals surface area contributed by atoms with Crippen LogP contribution in [0, 0.1) is 13.8 Å². The van der Waals surface area contributed by atoms with Gasteiger partial charge in [-0.3, -0.25) is 4.79 Å². The Labute approximate surface area is 145 Å². The van der Waals surface area contributed by atoms with Gasteiger partial charge in [0.05, 0.1) is 0 Å². The van der Waals surface area contributed by atoms with E-state index in [9.17, 15) is 4.79 Å². The van der Waals surface area contributed by atoms with Crippen molar-refractivity contribution in [3.8, 4) is 0 Å². The fourth-order valence-corrected chi connectivity index (χ4v) is 2.60. The van der Waals surface area contributed by atoms with Crippen LogP contribution in [-0.4, -0.2) is 22.4 Å². The zero-order valence-electron chi connectivity index (χ0n) is 13.6. The summed E-state index contributed by atoms with van der Waals surface area (Å²) < 4.78 is 1.02. The first-order valence-electron chi connectivity index (χ1n) is 7.66. The van der Waals surface area contributed by atoms with Crippen molar-refractivity contribution in [1.82, 2.24) is 15.3 Å². The first kappa shape index (κ1) is 17.4. The molecule has 0 aliphatic carbocycles. The van der Waals surface area contributed by atoms with Crippen LogP contribution in [0.4, 0.5) is 11.5 Å². The highest BCUT2D eigenvalue weighted by atomic mass is 79.9. The monoisotopic (exact) mass is 376 g/mol. The van der Waals surface area contributed by atoms with Gasteiger partial charge in [-0.15, -0.1) is 0 Å². The van der Waals surface area contributed by atoms with E-state index >= 15 is 0 Å². The van der Waals surface area contributed by atoms with Crippen molar-refractivity contribution in [2.75, 3.05) is 11.9 Å². The number of hydrogen-bond acceptors (Lipinski definition) is 4. The van der Waals surface area contributed by atoms with E-state index in [1.165, 1.54) is 0 Å². The van der Waals surface area contributed by atoms with E-state index in [0.29, 0.717) is 23.9 Å². The fourth-order valence-electron chi connectivity index (χ4n) is 2.12. The molecule has 0 saturated carbocycles. The molecule has 0 bridgehead atoms. The number of rotatable bonds is 6. The van der Waals surface area contributed by atoms with Crippen molar-refractivity contribution in [1.29, 1.82) is 0 Å². The standard InChI is InChI=1S/C17H21BrN4O/c1-4-5-8-19-17(23)15-10-16(21-12(3)20-15)22-14-7-6-13(18)9-11(14)2/h6-7,9-10H,4-5,8H2,1-3H3,(H,19,23)(H,20,21,22). The summed E-state index contributed by atoms with van der Waals surface area (Å²) in [6.45, 7) is 6.54. The molecule has 0 unspecified atom stereocenters. The second-order valence-corrected chi connectivity index (χ2v) is 6.30. The highest BCUT2D eigenvalue weighted by Gasteiger charge is 2.10. The minimum atomic E-state index is -0.167. The molecule has 0 fully saturated rings. The Balaban J connectivity index is 2.18. The lowest BCUT2D eigenvalue weighted by molar-refractivity contribution is 0.0948. The molecule has 0 radical (unpaired) electrons. The van der Waals surface area contributed by atoms with E-state index in [1.807, 2.05) is 25.1 Å². The fraction of sp³-hybridized carbons (Fsp3) is 0.353. The van der Waals surface area contributed by atoms with Gasteiger partial charge in [0.15, 0.2) is 0 Å². The van der Waals surface area contributed by atoms with Gasteiger partial charge in [-0.2, -0.15) is 0 Å². The number of carbonyl (C=O) groups excluding carboxylic acids is 1. The van der Waals surface area contributed by atoms with Gasteiger partial charge < -0.3 is 10.6 Å². The molecule has 6 heteroatoms. The maximum atomic E-state index is 12.2. The number of benzene rings is 1. The Hall–Kier alpha value is -1.95. The maximum absolute atomic E-state index is 12.2. The molecule has 2 rings (SSSR count). The topological polar surface area (TPSA) is 66.9 Å². The summed E-state index contributed by atoms with van der Waals surface area (Å²) in [4.78, 5) is 20.7. The summed E-state index contributed by atoms with van der Waals surface area (Å²) in [7, 11) is 0. The molecule has 1 aromatic carbocycles. The Bertz CT molecular complexity index is 703. The summed E-state index contributed by atoms with van der Waals surface area (Å²) in [5, 5.41) is 6.12. The van der Waals surface area contributed by atoms with Crippen LogP contribution in [0.15, 0.2) is 28.7 Å². The predicted molar refractivity (Wildman–Crippen MR) is 96.2 cm³/mol. The Kier molecular flexibility index (Phi) is 6.10. The minimum absolute atomic E-state index is 0.167. The summed E-state index contributed by atoms with van der Waals surface area (Å²) in [6, 6.07) is 7.63. The van der Waals surface area contributed by atoms with E-state index in [0.717, 1.165) is 28.6 Å². The Morgan fingerprint density at radius 2 is 2.00 bits per heavy atom. The molecular weight excluding hydrogens is 356 g/mol. The lowest BCUT2D eigenvalue weighted by Gasteiger charge is -2.11. The van der Waals surface area contributed by atoms with Crippen LogP contribution in [-0.2, 0) is 0 Å². The summed E-state index contributed by atoms with van der Waals surface area (Å²) in [5.41, 5.74) is 2.42. The van der Waals surface area contributed by atoms with Crippen LogP contribution in [0.5, 0.6) is 0 Å². The van der Waals surface area contributed by atoms with Crippen molar-refractivity contribution in [3.05, 3.63) is 45.8 Å². The zero-order valence-corrected chi connectivity index (χ0v) is 15.2. The predicted octanol–water partition coefficient (Wildman–Crippen LogP) is 4.13. The van der Waals surface area contributed by atoms with Gasteiger partial charge in [0.1, 0.15) is 17.3 Å². The quantitative estimate of drug-likeness (QED) is 0.743. The molecule has 2 aromatic rings. The van der Waals surface area contributed by atoms with Gasteiger partial charge in [0.25, 0.3) is 5.91 Å². The number of nitrogens with zero attached hydrogens (tertiary/aromatic N) is 2. The number of hydrogen-bond donors (Lipinski definition) is 2. The average molecular weight is 377 g/mol. The van der Waals surface area contributed by atoms with Crippen LogP contribution in [0.3, 0.4) is 0 Å². The van der Waals surface area contributed by atoms with Crippen LogP contribution in [0.2, 0.25) is 0 Å². The van der Waals surface area contributed by atoms with Crippen molar-refractivity contribution in [2.24, 2.45) is 0 Å². The van der Waals surface area contributed by atoms with Gasteiger partial charge in [0.2, 0.25) is 0 Å². The molecule has 1 amide bonds. The van der Waals surface area contributed by atoms with E-state index in [2.05, 4.69) is 43.5 Å². The molecule has 5 nitrogen and oxygen atoms in total. The minimum Gasteiger partial charge on any atom is -0.351 e. The highest BCUT2D eigenvalue weighted by molar-refractivity contribution is 9.10. The van der Waals surface area contributed by atoms with E-state index < -0.39 is 0 Å². The average Bonchev–Trinajstić information content (AvgIpc) is 2.50. The Morgan fingerprint density at radius 3 is 2.70 bits per heavy atom. The van der Waals surface area contributed by atoms with Gasteiger partial charge in [-0.1, -0.05) is 29.3 Å². The second-order valence-electron chi connectivity index (χ2n) is 5.38. The SMILES string of the molecule is CCCCNC(=O)c1cc(Nc2ccc(Br)cc2C)nc(C)n1. The molecule has 0 spiro atoms. The number of anilines is 2. The van der Waals surface area contributed by atoms with Crippen LogP contribution < -0.4 is 10.6 Å². The van der Waals surface area contributed by atoms with Crippen molar-refractivity contribution in [3.63, 3.8) is 0 Å². The van der Waals surface area contributed by atoms with Gasteiger partial charge in [-0.05, 0) is 44.0 Å². The molecule has 0 aliphatic heterocycles. The first-order chi connectivity index (χ1) is 11.0. The summed E-state index contributed by atoms with van der Waals surface area (Å²) in [5.74, 6) is 1.01. The molecule has 0 saturated heterocycles. The van der Waals surface area contributed by atoms with Crippen LogP contribution in [0.25, 0.3) is 0 Å². The number of aryl methyl sites for hydroxylation is 2. The third-order valence-corrected chi connectivity index (χ3v) is 3.83. The van der Waals surface area contributed by atoms with Crippen molar-refractivity contribution < 1.29 is 4.79 Å². The van der Waals surface area contributed by atoms with E-state index in [-0.39, 0.29) is 5.91 Å². The highest BCUT2D eigenvalue weighted by Crippen LogP contribution is 2.23. The third kappa shape index (κ3) is 5.03. The first-order valence-corrected chi connectivity index (χ1v) is 8.46. The summed E-state index contributed by atoms with van der Waals surface area (Å²) >= 11 is 3.45. The number of nitrogens with one attached hydrogen (secondary N) is 2. The molecule has 0 atom stereocenters. The van der Waals surface area contributed by atoms with Crippen molar-refractivity contribution in [2.45, 2.75) is 33.6 Å². The van der Waals surface area contributed by atoms with Gasteiger partial charge in [0, 0.05) is 22.8 Å². The molecular formula is C17H21BrN4O. The zero-order chi connectivity index (χ0) is 16.8. The second kappa shape index (κ2) is 8.06. The number of aromatic nitrogens is 2. The van der Waals surface area contributed by atoms with E-state index in [4.69, 9.17) is 0 Å². The van der Waals surface area contributed by atoms with Crippen LogP contribution >= 0.6 is 15.9 Å². The number of amides is 1. The lowest BCUT2D eigenvalue weighted by Crippen LogP contribution is -2.25. The smallest absolute Gasteiger partial charge is 0.270 e. The van der Waals surface area contributed by atoms with Crippen molar-refractivity contribution >= 4 is 33.3 Å². The number of halogens is 1.